The van der Waals surface area contributed by atoms with Crippen molar-refractivity contribution in [3.8, 4) is 5.75 Å². The van der Waals surface area contributed by atoms with Gasteiger partial charge in [-0.05, 0) is 29.1 Å². The molecule has 0 radical (unpaired) electrons. The van der Waals surface area contributed by atoms with E-state index in [1.54, 1.807) is 18.2 Å². The average molecular weight is 270 g/mol. The van der Waals surface area contributed by atoms with Crippen LogP contribution >= 0.6 is 0 Å². The largest absolute Gasteiger partial charge is 0.489 e. The van der Waals surface area contributed by atoms with Gasteiger partial charge in [0.25, 0.3) is 0 Å². The Morgan fingerprint density at radius 2 is 1.60 bits per heavy atom. The van der Waals surface area contributed by atoms with Crippen LogP contribution in [0.4, 0.5) is 8.78 Å². The summed E-state index contributed by atoms with van der Waals surface area (Å²) in [6.07, 6.45) is 0. The Labute approximate surface area is 115 Å². The maximum absolute atomic E-state index is 13.7. The average Bonchev–Trinajstić information content (AvgIpc) is 2.50. The Morgan fingerprint density at radius 3 is 2.40 bits per heavy atom. The number of halogens is 2. The zero-order chi connectivity index (χ0) is 13.9. The molecule has 0 saturated carbocycles. The first kappa shape index (κ1) is 12.6. The van der Waals surface area contributed by atoms with Crippen LogP contribution in [-0.4, -0.2) is 0 Å². The van der Waals surface area contributed by atoms with Crippen molar-refractivity contribution in [3.05, 3.63) is 77.9 Å². The van der Waals surface area contributed by atoms with Crippen molar-refractivity contribution >= 4 is 10.8 Å². The van der Waals surface area contributed by atoms with Gasteiger partial charge in [0.1, 0.15) is 12.4 Å². The molecule has 0 heterocycles. The molecule has 0 aromatic heterocycles. The van der Waals surface area contributed by atoms with Crippen molar-refractivity contribution < 1.29 is 13.5 Å². The molecule has 0 saturated heterocycles. The third kappa shape index (κ3) is 2.48. The molecule has 20 heavy (non-hydrogen) atoms. The molecule has 0 aliphatic rings. The van der Waals surface area contributed by atoms with E-state index in [0.29, 0.717) is 17.7 Å². The molecule has 3 heteroatoms. The van der Waals surface area contributed by atoms with Gasteiger partial charge in [-0.1, -0.05) is 42.5 Å². The van der Waals surface area contributed by atoms with Gasteiger partial charge in [-0.3, -0.25) is 0 Å². The van der Waals surface area contributed by atoms with Crippen molar-refractivity contribution in [2.45, 2.75) is 6.61 Å². The van der Waals surface area contributed by atoms with Crippen molar-refractivity contribution in [3.63, 3.8) is 0 Å². The third-order valence-corrected chi connectivity index (χ3v) is 3.13. The zero-order valence-corrected chi connectivity index (χ0v) is 10.6. The maximum Gasteiger partial charge on any atom is 0.166 e. The van der Waals surface area contributed by atoms with Crippen LogP contribution in [-0.2, 0) is 6.61 Å². The fraction of sp³-hybridized carbons (Fsp3) is 0.0588. The summed E-state index contributed by atoms with van der Waals surface area (Å²) < 4.78 is 32.5. The number of hydrogen-bond donors (Lipinski definition) is 0. The molecular formula is C17H12F2O. The normalized spacial score (nSPS) is 10.7. The van der Waals surface area contributed by atoms with Gasteiger partial charge in [0.2, 0.25) is 0 Å². The number of ether oxygens (including phenoxy) is 1. The van der Waals surface area contributed by atoms with E-state index in [2.05, 4.69) is 0 Å². The molecule has 0 fully saturated rings. The molecule has 1 nitrogen and oxygen atoms in total. The number of fused-ring (bicyclic) bond motifs is 1. The number of benzene rings is 3. The first-order valence-corrected chi connectivity index (χ1v) is 6.28. The molecule has 0 unspecified atom stereocenters. The first-order chi connectivity index (χ1) is 9.74. The van der Waals surface area contributed by atoms with E-state index in [-0.39, 0.29) is 5.39 Å². The molecule has 3 aromatic rings. The van der Waals surface area contributed by atoms with Crippen molar-refractivity contribution in [1.82, 2.24) is 0 Å². The second kappa shape index (κ2) is 5.29. The van der Waals surface area contributed by atoms with E-state index in [1.807, 2.05) is 30.3 Å². The van der Waals surface area contributed by atoms with Gasteiger partial charge in [-0.15, -0.1) is 0 Å². The SMILES string of the molecule is Fc1ccc2ccc(OCc3ccccc3)cc2c1F. The highest BCUT2D eigenvalue weighted by Gasteiger charge is 2.08. The molecule has 0 bridgehead atoms. The van der Waals surface area contributed by atoms with Gasteiger partial charge >= 0.3 is 0 Å². The molecule has 3 rings (SSSR count). The van der Waals surface area contributed by atoms with Crippen molar-refractivity contribution in [2.75, 3.05) is 0 Å². The molecule has 3 aromatic carbocycles. The van der Waals surface area contributed by atoms with Crippen molar-refractivity contribution in [2.24, 2.45) is 0 Å². The molecule has 0 aliphatic carbocycles. The summed E-state index contributed by atoms with van der Waals surface area (Å²) in [7, 11) is 0. The monoisotopic (exact) mass is 270 g/mol. The zero-order valence-electron chi connectivity index (χ0n) is 10.6. The Balaban J connectivity index is 1.87. The van der Waals surface area contributed by atoms with Crippen LogP contribution in [0.1, 0.15) is 5.56 Å². The lowest BCUT2D eigenvalue weighted by Crippen LogP contribution is -1.95. The van der Waals surface area contributed by atoms with Gasteiger partial charge in [-0.2, -0.15) is 0 Å². The predicted octanol–water partition coefficient (Wildman–Crippen LogP) is 4.70. The lowest BCUT2D eigenvalue weighted by atomic mass is 10.1. The Kier molecular flexibility index (Phi) is 3.33. The highest BCUT2D eigenvalue weighted by Crippen LogP contribution is 2.25. The van der Waals surface area contributed by atoms with E-state index >= 15 is 0 Å². The van der Waals surface area contributed by atoms with Crippen LogP contribution in [0.15, 0.2) is 60.7 Å². The number of hydrogen-bond acceptors (Lipinski definition) is 1. The van der Waals surface area contributed by atoms with Crippen molar-refractivity contribution in [1.29, 1.82) is 0 Å². The summed E-state index contributed by atoms with van der Waals surface area (Å²) >= 11 is 0. The van der Waals surface area contributed by atoms with Gasteiger partial charge in [-0.25, -0.2) is 8.78 Å². The smallest absolute Gasteiger partial charge is 0.166 e. The van der Waals surface area contributed by atoms with E-state index in [4.69, 9.17) is 4.74 Å². The molecule has 0 aliphatic heterocycles. The summed E-state index contributed by atoms with van der Waals surface area (Å²) in [5.74, 6) is -1.17. The molecule has 0 amide bonds. The molecule has 0 spiro atoms. The lowest BCUT2D eigenvalue weighted by Gasteiger charge is -2.08. The number of rotatable bonds is 3. The Hall–Kier alpha value is -2.42. The maximum atomic E-state index is 13.7. The quantitative estimate of drug-likeness (QED) is 0.670. The standard InChI is InChI=1S/C17H12F2O/c18-16-9-7-13-6-8-14(10-15(13)17(16)19)20-11-12-4-2-1-3-5-12/h1-10H,11H2. The fourth-order valence-electron chi connectivity index (χ4n) is 2.07. The molecule has 0 N–H and O–H groups in total. The van der Waals surface area contributed by atoms with Gasteiger partial charge in [0.05, 0.1) is 0 Å². The van der Waals surface area contributed by atoms with Gasteiger partial charge < -0.3 is 4.74 Å². The summed E-state index contributed by atoms with van der Waals surface area (Å²) in [6, 6.07) is 17.3. The van der Waals surface area contributed by atoms with Gasteiger partial charge in [0, 0.05) is 5.39 Å². The third-order valence-electron chi connectivity index (χ3n) is 3.13. The lowest BCUT2D eigenvalue weighted by molar-refractivity contribution is 0.306. The van der Waals surface area contributed by atoms with Crippen LogP contribution < -0.4 is 4.74 Å². The van der Waals surface area contributed by atoms with Crippen LogP contribution in [0.5, 0.6) is 5.75 Å². The minimum absolute atomic E-state index is 0.232. The van der Waals surface area contributed by atoms with E-state index in [0.717, 1.165) is 11.6 Å². The second-order valence-electron chi connectivity index (χ2n) is 4.52. The van der Waals surface area contributed by atoms with E-state index in [1.165, 1.54) is 6.07 Å². The van der Waals surface area contributed by atoms with E-state index in [9.17, 15) is 8.78 Å². The Morgan fingerprint density at radius 1 is 0.850 bits per heavy atom. The van der Waals surface area contributed by atoms with E-state index < -0.39 is 11.6 Å². The van der Waals surface area contributed by atoms with Gasteiger partial charge in [0.15, 0.2) is 11.6 Å². The predicted molar refractivity (Wildman–Crippen MR) is 74.6 cm³/mol. The first-order valence-electron chi connectivity index (χ1n) is 6.28. The molecule has 100 valence electrons. The topological polar surface area (TPSA) is 9.23 Å². The minimum atomic E-state index is -0.849. The van der Waals surface area contributed by atoms with Crippen LogP contribution in [0.2, 0.25) is 0 Å². The molecule has 0 atom stereocenters. The summed E-state index contributed by atoms with van der Waals surface area (Å²) in [5.41, 5.74) is 1.02. The highest BCUT2D eigenvalue weighted by molar-refractivity contribution is 5.84. The summed E-state index contributed by atoms with van der Waals surface area (Å²) in [6.45, 7) is 0.392. The summed E-state index contributed by atoms with van der Waals surface area (Å²) in [5, 5.41) is 0.881. The highest BCUT2D eigenvalue weighted by atomic mass is 19.2. The van der Waals surface area contributed by atoms with Crippen LogP contribution in [0.25, 0.3) is 10.8 Å². The summed E-state index contributed by atoms with van der Waals surface area (Å²) in [4.78, 5) is 0. The fourth-order valence-corrected chi connectivity index (χ4v) is 2.07. The minimum Gasteiger partial charge on any atom is -0.489 e. The van der Waals surface area contributed by atoms with Crippen LogP contribution in [0.3, 0.4) is 0 Å². The second-order valence-corrected chi connectivity index (χ2v) is 4.52. The molecular weight excluding hydrogens is 258 g/mol. The van der Waals surface area contributed by atoms with Crippen LogP contribution in [0, 0.1) is 11.6 Å². The Bertz CT molecular complexity index is 739.